The fourth-order valence-electron chi connectivity index (χ4n) is 3.81. The van der Waals surface area contributed by atoms with Crippen molar-refractivity contribution in [3.63, 3.8) is 0 Å². The molecule has 0 spiro atoms. The molecule has 1 unspecified atom stereocenters. The van der Waals surface area contributed by atoms with E-state index in [9.17, 15) is 8.78 Å². The molecular formula is C26H25F2NO3. The van der Waals surface area contributed by atoms with Gasteiger partial charge in [0.05, 0.1) is 20.3 Å². The summed E-state index contributed by atoms with van der Waals surface area (Å²) in [6.07, 6.45) is 4.04. The number of nitrogens with one attached hydrogen (secondary N) is 1. The number of rotatable bonds is 7. The second-order valence-electron chi connectivity index (χ2n) is 7.52. The summed E-state index contributed by atoms with van der Waals surface area (Å²) in [5.74, 6) is 0.0920. The molecule has 0 radical (unpaired) electrons. The Balaban J connectivity index is 1.59. The minimum absolute atomic E-state index is 0.102. The van der Waals surface area contributed by atoms with Crippen LogP contribution in [0.5, 0.6) is 17.2 Å². The summed E-state index contributed by atoms with van der Waals surface area (Å²) >= 11 is 0. The van der Waals surface area contributed by atoms with Crippen LogP contribution >= 0.6 is 0 Å². The van der Waals surface area contributed by atoms with E-state index >= 15 is 0 Å². The number of hydrogen-bond acceptors (Lipinski definition) is 4. The lowest BCUT2D eigenvalue weighted by atomic mass is 9.93. The van der Waals surface area contributed by atoms with Crippen molar-refractivity contribution >= 4 is 6.08 Å². The van der Waals surface area contributed by atoms with E-state index in [1.54, 1.807) is 13.2 Å². The first-order valence-electron chi connectivity index (χ1n) is 10.4. The van der Waals surface area contributed by atoms with Crippen LogP contribution in [0.1, 0.15) is 28.3 Å². The Hall–Kier alpha value is -3.38. The molecule has 0 saturated carbocycles. The fourth-order valence-corrected chi connectivity index (χ4v) is 3.81. The van der Waals surface area contributed by atoms with Gasteiger partial charge in [0, 0.05) is 24.2 Å². The molecule has 0 aromatic heterocycles. The van der Waals surface area contributed by atoms with Crippen molar-refractivity contribution in [3.8, 4) is 17.2 Å². The van der Waals surface area contributed by atoms with Gasteiger partial charge in [0.1, 0.15) is 24.0 Å². The van der Waals surface area contributed by atoms with Crippen molar-refractivity contribution in [2.24, 2.45) is 0 Å². The van der Waals surface area contributed by atoms with Crippen LogP contribution in [0.25, 0.3) is 6.08 Å². The van der Waals surface area contributed by atoms with Crippen LogP contribution in [0, 0.1) is 11.6 Å². The predicted octanol–water partition coefficient (Wildman–Crippen LogP) is 5.46. The van der Waals surface area contributed by atoms with E-state index in [0.29, 0.717) is 18.1 Å². The van der Waals surface area contributed by atoms with Gasteiger partial charge in [-0.05, 0) is 35.2 Å². The molecule has 0 amide bonds. The molecule has 1 aliphatic rings. The van der Waals surface area contributed by atoms with Gasteiger partial charge in [-0.1, -0.05) is 42.5 Å². The second kappa shape index (κ2) is 9.83. The molecule has 0 saturated heterocycles. The zero-order valence-electron chi connectivity index (χ0n) is 18.0. The summed E-state index contributed by atoms with van der Waals surface area (Å²) in [4.78, 5) is 0. The summed E-state index contributed by atoms with van der Waals surface area (Å²) in [6, 6.07) is 16.0. The van der Waals surface area contributed by atoms with Crippen molar-refractivity contribution in [1.82, 2.24) is 5.32 Å². The van der Waals surface area contributed by atoms with Gasteiger partial charge >= 0.3 is 0 Å². The Morgan fingerprint density at radius 2 is 1.72 bits per heavy atom. The van der Waals surface area contributed by atoms with Crippen molar-refractivity contribution in [2.45, 2.75) is 19.1 Å². The van der Waals surface area contributed by atoms with E-state index in [0.717, 1.165) is 29.7 Å². The van der Waals surface area contributed by atoms with Gasteiger partial charge in [-0.15, -0.1) is 0 Å². The topological polar surface area (TPSA) is 39.7 Å². The quantitative estimate of drug-likeness (QED) is 0.533. The molecule has 1 atom stereocenters. The molecule has 0 aliphatic carbocycles. The molecular weight excluding hydrogens is 412 g/mol. The van der Waals surface area contributed by atoms with Crippen molar-refractivity contribution in [3.05, 3.63) is 94.6 Å². The molecule has 0 fully saturated rings. The summed E-state index contributed by atoms with van der Waals surface area (Å²) in [5.41, 5.74) is 3.07. The van der Waals surface area contributed by atoms with Crippen LogP contribution in [0.4, 0.5) is 8.78 Å². The lowest BCUT2D eigenvalue weighted by Crippen LogP contribution is -2.28. The minimum atomic E-state index is -0.670. The SMILES string of the molecule is COc1cc(F)c(/C=C/C2NCCc3cc(OCc4ccccc4)c(OC)cc32)c(F)c1. The van der Waals surface area contributed by atoms with Gasteiger partial charge in [0.15, 0.2) is 11.5 Å². The third-order valence-corrected chi connectivity index (χ3v) is 5.50. The maximum Gasteiger partial charge on any atom is 0.161 e. The lowest BCUT2D eigenvalue weighted by molar-refractivity contribution is 0.283. The number of ether oxygens (including phenoxy) is 3. The van der Waals surface area contributed by atoms with Gasteiger partial charge in [-0.2, -0.15) is 0 Å². The normalized spacial score (nSPS) is 15.4. The molecule has 6 heteroatoms. The van der Waals surface area contributed by atoms with Crippen LogP contribution in [0.3, 0.4) is 0 Å². The Bertz CT molecular complexity index is 1090. The van der Waals surface area contributed by atoms with Crippen molar-refractivity contribution in [2.75, 3.05) is 20.8 Å². The van der Waals surface area contributed by atoms with Gasteiger partial charge in [-0.3, -0.25) is 0 Å². The first kappa shape index (κ1) is 21.8. The van der Waals surface area contributed by atoms with Gasteiger partial charge in [0.2, 0.25) is 0 Å². The maximum atomic E-state index is 14.3. The summed E-state index contributed by atoms with van der Waals surface area (Å²) < 4.78 is 45.1. The van der Waals surface area contributed by atoms with Gasteiger partial charge in [-0.25, -0.2) is 8.78 Å². The van der Waals surface area contributed by atoms with Crippen molar-refractivity contribution in [1.29, 1.82) is 0 Å². The lowest BCUT2D eigenvalue weighted by Gasteiger charge is -2.26. The average molecular weight is 437 g/mol. The molecule has 3 aromatic carbocycles. The monoisotopic (exact) mass is 437 g/mol. The zero-order chi connectivity index (χ0) is 22.5. The molecule has 3 aromatic rings. The summed E-state index contributed by atoms with van der Waals surface area (Å²) in [5, 5.41) is 3.38. The van der Waals surface area contributed by atoms with Crippen LogP contribution in [-0.2, 0) is 13.0 Å². The molecule has 166 valence electrons. The van der Waals surface area contributed by atoms with E-state index in [-0.39, 0.29) is 17.4 Å². The second-order valence-corrected chi connectivity index (χ2v) is 7.52. The predicted molar refractivity (Wildman–Crippen MR) is 120 cm³/mol. The van der Waals surface area contributed by atoms with Gasteiger partial charge in [0.25, 0.3) is 0 Å². The van der Waals surface area contributed by atoms with E-state index in [4.69, 9.17) is 14.2 Å². The average Bonchev–Trinajstić information content (AvgIpc) is 2.82. The third-order valence-electron chi connectivity index (χ3n) is 5.50. The van der Waals surface area contributed by atoms with E-state index in [1.807, 2.05) is 42.5 Å². The first-order valence-corrected chi connectivity index (χ1v) is 10.4. The van der Waals surface area contributed by atoms with Crippen molar-refractivity contribution < 1.29 is 23.0 Å². The number of hydrogen-bond donors (Lipinski definition) is 1. The third kappa shape index (κ3) is 4.75. The summed E-state index contributed by atoms with van der Waals surface area (Å²) in [6.45, 7) is 1.17. The Morgan fingerprint density at radius 3 is 2.41 bits per heavy atom. The smallest absolute Gasteiger partial charge is 0.161 e. The zero-order valence-corrected chi connectivity index (χ0v) is 18.0. The molecule has 4 nitrogen and oxygen atoms in total. The molecule has 1 aliphatic heterocycles. The van der Waals surface area contributed by atoms with Gasteiger partial charge < -0.3 is 19.5 Å². The van der Waals surface area contributed by atoms with Crippen LogP contribution in [0.2, 0.25) is 0 Å². The molecule has 1 N–H and O–H groups in total. The molecule has 32 heavy (non-hydrogen) atoms. The number of benzene rings is 3. The molecule has 1 heterocycles. The number of methoxy groups -OCH3 is 2. The number of fused-ring (bicyclic) bond motifs is 1. The molecule has 0 bridgehead atoms. The number of halogens is 2. The highest BCUT2D eigenvalue weighted by Gasteiger charge is 2.21. The fraction of sp³-hybridized carbons (Fsp3) is 0.231. The first-order chi connectivity index (χ1) is 15.6. The van der Waals surface area contributed by atoms with E-state index in [2.05, 4.69) is 5.32 Å². The largest absolute Gasteiger partial charge is 0.497 e. The standard InChI is InChI=1S/C26H25F2NO3/c1-30-19-13-22(27)20(23(28)14-19)8-9-24-21-15-25(31-2)26(12-18(21)10-11-29-24)32-16-17-6-4-3-5-7-17/h3-9,12-15,24,29H,10-11,16H2,1-2H3/b9-8+. The van der Waals surface area contributed by atoms with Crippen LogP contribution in [-0.4, -0.2) is 20.8 Å². The highest BCUT2D eigenvalue weighted by Crippen LogP contribution is 2.36. The Labute approximate surface area is 186 Å². The van der Waals surface area contributed by atoms with Crippen LogP contribution < -0.4 is 19.5 Å². The highest BCUT2D eigenvalue weighted by atomic mass is 19.1. The van der Waals surface area contributed by atoms with E-state index < -0.39 is 11.6 Å². The Kier molecular flexibility index (Phi) is 6.71. The van der Waals surface area contributed by atoms with Crippen LogP contribution in [0.15, 0.2) is 60.7 Å². The summed E-state index contributed by atoms with van der Waals surface area (Å²) in [7, 11) is 2.97. The molecule has 4 rings (SSSR count). The Morgan fingerprint density at radius 1 is 0.969 bits per heavy atom. The highest BCUT2D eigenvalue weighted by molar-refractivity contribution is 5.56. The minimum Gasteiger partial charge on any atom is -0.497 e. The maximum absolute atomic E-state index is 14.3. The van der Waals surface area contributed by atoms with E-state index in [1.165, 1.54) is 25.3 Å².